The molecule has 4 rings (SSSR count). The van der Waals surface area contributed by atoms with Crippen molar-refractivity contribution in [2.24, 2.45) is 0 Å². The molecule has 0 radical (unpaired) electrons. The van der Waals surface area contributed by atoms with E-state index in [0.29, 0.717) is 44.3 Å². The highest BCUT2D eigenvalue weighted by atomic mass is 32.2. The first-order chi connectivity index (χ1) is 14.8. The van der Waals surface area contributed by atoms with Crippen molar-refractivity contribution < 1.29 is 13.2 Å². The van der Waals surface area contributed by atoms with Gasteiger partial charge in [0.2, 0.25) is 16.0 Å². The molecule has 0 saturated carbocycles. The first-order valence-corrected chi connectivity index (χ1v) is 12.2. The third-order valence-electron chi connectivity index (χ3n) is 6.09. The molecule has 0 aliphatic carbocycles. The zero-order valence-electron chi connectivity index (χ0n) is 18.8. The number of morpholine rings is 1. The van der Waals surface area contributed by atoms with Gasteiger partial charge in [0.05, 0.1) is 18.1 Å². The molecule has 1 aromatic heterocycles. The van der Waals surface area contributed by atoms with E-state index in [1.807, 2.05) is 39.8 Å². The number of ether oxygens (including phenoxy) is 1. The summed E-state index contributed by atoms with van der Waals surface area (Å²) in [6, 6.07) is 5.73. The first kappa shape index (κ1) is 22.0. The minimum Gasteiger partial charge on any atom is -0.378 e. The first-order valence-electron chi connectivity index (χ1n) is 10.8. The molecular weight excluding hydrogens is 414 g/mol. The molecule has 3 heterocycles. The van der Waals surface area contributed by atoms with E-state index >= 15 is 0 Å². The summed E-state index contributed by atoms with van der Waals surface area (Å²) in [5.41, 5.74) is 3.81. The maximum absolute atomic E-state index is 13.3. The summed E-state index contributed by atoms with van der Waals surface area (Å²) in [6.07, 6.45) is 0. The highest BCUT2D eigenvalue weighted by molar-refractivity contribution is 7.89. The number of hydrogen-bond donors (Lipinski definition) is 0. The van der Waals surface area contributed by atoms with Crippen LogP contribution >= 0.6 is 0 Å². The number of anilines is 2. The van der Waals surface area contributed by atoms with Gasteiger partial charge in [0.15, 0.2) is 0 Å². The molecule has 2 saturated heterocycles. The SMILES string of the molecule is Cc1cc(N2CCN(S(=O)(=O)c3cc(C)c(C)cc3C)CC2)nc(N2CCOCC2)n1. The van der Waals surface area contributed by atoms with Gasteiger partial charge in [-0.1, -0.05) is 6.07 Å². The van der Waals surface area contributed by atoms with Crippen molar-refractivity contribution in [2.45, 2.75) is 32.6 Å². The minimum absolute atomic E-state index is 0.413. The number of rotatable bonds is 4. The predicted octanol–water partition coefficient (Wildman–Crippen LogP) is 2.06. The van der Waals surface area contributed by atoms with E-state index in [9.17, 15) is 8.42 Å². The summed E-state index contributed by atoms with van der Waals surface area (Å²) in [4.78, 5) is 14.1. The van der Waals surface area contributed by atoms with Crippen LogP contribution in [0.4, 0.5) is 11.8 Å². The smallest absolute Gasteiger partial charge is 0.243 e. The number of piperazine rings is 1. The van der Waals surface area contributed by atoms with Crippen molar-refractivity contribution in [3.63, 3.8) is 0 Å². The van der Waals surface area contributed by atoms with Gasteiger partial charge >= 0.3 is 0 Å². The molecule has 2 aliphatic rings. The molecule has 1 aromatic carbocycles. The Morgan fingerprint density at radius 3 is 2.10 bits per heavy atom. The highest BCUT2D eigenvalue weighted by Gasteiger charge is 2.30. The van der Waals surface area contributed by atoms with Gasteiger partial charge in [0.1, 0.15) is 5.82 Å². The minimum atomic E-state index is -3.52. The van der Waals surface area contributed by atoms with E-state index in [4.69, 9.17) is 9.72 Å². The summed E-state index contributed by atoms with van der Waals surface area (Å²) in [6.45, 7) is 12.8. The van der Waals surface area contributed by atoms with Crippen LogP contribution in [0.5, 0.6) is 0 Å². The third-order valence-corrected chi connectivity index (χ3v) is 8.14. The maximum Gasteiger partial charge on any atom is 0.243 e. The second kappa shape index (κ2) is 8.72. The molecule has 0 amide bonds. The molecule has 8 nitrogen and oxygen atoms in total. The Balaban J connectivity index is 1.50. The molecule has 2 fully saturated rings. The third kappa shape index (κ3) is 4.53. The molecule has 2 aliphatic heterocycles. The molecule has 2 aromatic rings. The van der Waals surface area contributed by atoms with Crippen LogP contribution < -0.4 is 9.80 Å². The van der Waals surface area contributed by atoms with Gasteiger partial charge < -0.3 is 14.5 Å². The van der Waals surface area contributed by atoms with E-state index in [2.05, 4.69) is 14.8 Å². The van der Waals surface area contributed by atoms with E-state index < -0.39 is 10.0 Å². The largest absolute Gasteiger partial charge is 0.378 e. The fourth-order valence-electron chi connectivity index (χ4n) is 4.11. The number of sulfonamides is 1. The lowest BCUT2D eigenvalue weighted by molar-refractivity contribution is 0.122. The molecule has 0 spiro atoms. The summed E-state index contributed by atoms with van der Waals surface area (Å²) < 4.78 is 33.6. The fraction of sp³-hybridized carbons (Fsp3) is 0.545. The Kier molecular flexibility index (Phi) is 6.18. The number of benzene rings is 1. The van der Waals surface area contributed by atoms with Crippen LogP contribution in [0.25, 0.3) is 0 Å². The van der Waals surface area contributed by atoms with Gasteiger partial charge in [0.25, 0.3) is 0 Å². The van der Waals surface area contributed by atoms with Gasteiger partial charge in [-0.3, -0.25) is 0 Å². The zero-order chi connectivity index (χ0) is 22.2. The quantitative estimate of drug-likeness (QED) is 0.713. The maximum atomic E-state index is 13.3. The van der Waals surface area contributed by atoms with Gasteiger partial charge in [-0.15, -0.1) is 0 Å². The van der Waals surface area contributed by atoms with Crippen LogP contribution in [0.1, 0.15) is 22.4 Å². The average molecular weight is 446 g/mol. The molecule has 0 N–H and O–H groups in total. The molecule has 9 heteroatoms. The zero-order valence-corrected chi connectivity index (χ0v) is 19.6. The Morgan fingerprint density at radius 2 is 1.42 bits per heavy atom. The van der Waals surface area contributed by atoms with Crippen molar-refractivity contribution in [3.05, 3.63) is 40.6 Å². The Bertz CT molecular complexity index is 1060. The van der Waals surface area contributed by atoms with Crippen LogP contribution in [0.3, 0.4) is 0 Å². The predicted molar refractivity (Wildman–Crippen MR) is 121 cm³/mol. The lowest BCUT2D eigenvalue weighted by Gasteiger charge is -2.35. The van der Waals surface area contributed by atoms with Crippen molar-refractivity contribution in [1.82, 2.24) is 14.3 Å². The fourth-order valence-corrected chi connectivity index (χ4v) is 5.83. The topological polar surface area (TPSA) is 78.9 Å². The Morgan fingerprint density at radius 1 is 0.774 bits per heavy atom. The summed E-state index contributed by atoms with van der Waals surface area (Å²) in [5, 5.41) is 0. The van der Waals surface area contributed by atoms with E-state index in [1.54, 1.807) is 10.4 Å². The molecule has 0 atom stereocenters. The second-order valence-corrected chi connectivity index (χ2v) is 10.3. The summed E-state index contributed by atoms with van der Waals surface area (Å²) in [5.74, 6) is 1.58. The standard InChI is InChI=1S/C22H31N5O3S/c1-16-13-18(3)20(14-17(16)2)31(28,29)27-7-5-25(6-8-27)21-15-19(4)23-22(24-21)26-9-11-30-12-10-26/h13-15H,5-12H2,1-4H3. The molecular formula is C22H31N5O3S. The monoisotopic (exact) mass is 445 g/mol. The van der Waals surface area contributed by atoms with Gasteiger partial charge in [-0.25, -0.2) is 13.4 Å². The van der Waals surface area contributed by atoms with Crippen LogP contribution in [-0.2, 0) is 14.8 Å². The number of aromatic nitrogens is 2. The molecule has 0 bridgehead atoms. The average Bonchev–Trinajstić information content (AvgIpc) is 2.76. The van der Waals surface area contributed by atoms with Crippen LogP contribution in [0, 0.1) is 27.7 Å². The van der Waals surface area contributed by atoms with Crippen LogP contribution in [-0.4, -0.2) is 75.2 Å². The molecule has 168 valence electrons. The number of hydrogen-bond acceptors (Lipinski definition) is 7. The lowest BCUT2D eigenvalue weighted by atomic mass is 10.1. The van der Waals surface area contributed by atoms with Crippen molar-refractivity contribution in [3.8, 4) is 0 Å². The second-order valence-electron chi connectivity index (χ2n) is 8.36. The van der Waals surface area contributed by atoms with Crippen molar-refractivity contribution in [2.75, 3.05) is 62.3 Å². The van der Waals surface area contributed by atoms with Gasteiger partial charge in [0, 0.05) is 51.0 Å². The number of aryl methyl sites for hydroxylation is 4. The van der Waals surface area contributed by atoms with Gasteiger partial charge in [-0.2, -0.15) is 9.29 Å². The van der Waals surface area contributed by atoms with Crippen molar-refractivity contribution >= 4 is 21.8 Å². The van der Waals surface area contributed by atoms with E-state index in [0.717, 1.165) is 47.2 Å². The molecule has 31 heavy (non-hydrogen) atoms. The van der Waals surface area contributed by atoms with E-state index in [1.165, 1.54) is 0 Å². The van der Waals surface area contributed by atoms with E-state index in [-0.39, 0.29) is 0 Å². The normalized spacial score (nSPS) is 18.5. The van der Waals surface area contributed by atoms with Crippen LogP contribution in [0.15, 0.2) is 23.1 Å². The molecule has 0 unspecified atom stereocenters. The Hall–Kier alpha value is -2.23. The van der Waals surface area contributed by atoms with Crippen LogP contribution in [0.2, 0.25) is 0 Å². The summed E-state index contributed by atoms with van der Waals surface area (Å²) in [7, 11) is -3.52. The number of nitrogens with zero attached hydrogens (tertiary/aromatic N) is 5. The highest BCUT2D eigenvalue weighted by Crippen LogP contribution is 2.26. The summed E-state index contributed by atoms with van der Waals surface area (Å²) >= 11 is 0. The lowest BCUT2D eigenvalue weighted by Crippen LogP contribution is -2.49. The Labute approximate surface area is 184 Å². The van der Waals surface area contributed by atoms with Gasteiger partial charge in [-0.05, 0) is 50.5 Å². The van der Waals surface area contributed by atoms with Crippen molar-refractivity contribution in [1.29, 1.82) is 0 Å².